The molecule has 0 aliphatic carbocycles. The number of halogens is 20. The van der Waals surface area contributed by atoms with Crippen molar-refractivity contribution in [1.82, 2.24) is 0 Å². The lowest BCUT2D eigenvalue weighted by atomic mass is 10.1. The smallest absolute Gasteiger partial charge is 0.134 e. The van der Waals surface area contributed by atoms with Crippen molar-refractivity contribution in [3.63, 3.8) is 0 Å². The second-order valence-corrected chi connectivity index (χ2v) is 48.4. The van der Waals surface area contributed by atoms with Crippen molar-refractivity contribution in [2.75, 3.05) is 119 Å². The van der Waals surface area contributed by atoms with Crippen LogP contribution < -0.4 is 47.4 Å². The van der Waals surface area contributed by atoms with Crippen molar-refractivity contribution >= 4 is 362 Å². The van der Waals surface area contributed by atoms with Crippen molar-refractivity contribution in [2.24, 2.45) is 0 Å². The number of hydrogen-bond acceptors (Lipinski definition) is 10. The van der Waals surface area contributed by atoms with Crippen LogP contribution in [0.15, 0.2) is 336 Å². The van der Waals surface area contributed by atoms with Crippen LogP contribution in [0.1, 0.15) is 128 Å². The van der Waals surface area contributed by atoms with Gasteiger partial charge in [-0.1, -0.05) is 376 Å². The Hall–Kier alpha value is -2.28. The molecule has 14 rings (SSSR count). The quantitative estimate of drug-likeness (QED) is 0.0271. The van der Waals surface area contributed by atoms with Crippen molar-refractivity contribution < 1.29 is 47.4 Å². The largest absolute Gasteiger partial charge is 0.494 e. The number of ether oxygens (including phenoxy) is 10. The monoisotopic (exact) mass is 3260 g/mol. The normalized spacial score (nSPS) is 10.3. The summed E-state index contributed by atoms with van der Waals surface area (Å²) in [6, 6.07) is 97.3. The average molecular weight is 3280 g/mol. The fraction of sp³-hybridized carbons (Fsp3) is 0.345. The van der Waals surface area contributed by atoms with Crippen molar-refractivity contribution in [3.8, 4) is 57.5 Å². The van der Waals surface area contributed by atoms with Crippen LogP contribution in [-0.4, -0.2) is 119 Å². The number of rotatable bonds is 50. The molecule has 0 radical (unpaired) electrons. The number of hydrogen-bond donors (Lipinski definition) is 0. The molecule has 0 aliphatic heterocycles. The summed E-state index contributed by atoms with van der Waals surface area (Å²) in [6.45, 7) is 7.80. The Bertz CT molecular complexity index is 5720. The molecule has 146 heavy (non-hydrogen) atoms. The molecule has 0 atom stereocenters. The SMILES string of the molecule is BrCCCCCOc1ccc(Br)cc1.BrCCCCCOc1ccc2cc(Br)ccc2c1.BrCCCCCOc1ccc2ccccc2c1Br.BrCCCCCOc1cccc(Br)c1.BrCCCCCOc1ccccc1Br.BrCCCOc1ccc(Br)cc1.BrCCCOc1ccc2cc(Br)ccc2c1.BrCCCOc1ccc2ccccc2c1Br.BrCCCOc1cccc(Br)c1.BrCCCOc1ccccc1Br. The zero-order chi connectivity index (χ0) is 105. The Morgan fingerprint density at radius 1 is 0.144 bits per heavy atom. The number of fused-ring (bicyclic) bond motifs is 4. The highest BCUT2D eigenvalue weighted by molar-refractivity contribution is 9.13. The average Bonchev–Trinajstić information content (AvgIpc) is 0.811. The molecule has 14 aromatic rings. The lowest BCUT2D eigenvalue weighted by Gasteiger charge is -2.10. The van der Waals surface area contributed by atoms with E-state index < -0.39 is 0 Å². The Labute approximate surface area is 1040 Å². The molecule has 0 amide bonds. The van der Waals surface area contributed by atoms with E-state index in [1.165, 1.54) is 107 Å². The summed E-state index contributed by atoms with van der Waals surface area (Å²) in [5.74, 6) is 9.35. The third-order valence-electron chi connectivity index (χ3n) is 20.0. The molecule has 10 nitrogen and oxygen atoms in total. The lowest BCUT2D eigenvalue weighted by molar-refractivity contribution is 0.304. The van der Waals surface area contributed by atoms with Gasteiger partial charge in [0.25, 0.3) is 0 Å². The van der Waals surface area contributed by atoms with Crippen molar-refractivity contribution in [3.05, 3.63) is 336 Å². The molecule has 30 heteroatoms. The number of alkyl halides is 10. The fourth-order valence-corrected chi connectivity index (χ4v) is 19.7. The van der Waals surface area contributed by atoms with Gasteiger partial charge in [-0.15, -0.1) is 0 Å². The molecule has 14 aromatic carbocycles. The van der Waals surface area contributed by atoms with Crippen LogP contribution >= 0.6 is 319 Å². The van der Waals surface area contributed by atoms with Crippen molar-refractivity contribution in [1.29, 1.82) is 0 Å². The van der Waals surface area contributed by atoms with Gasteiger partial charge in [-0.25, -0.2) is 0 Å². The first-order valence-corrected chi connectivity index (χ1v) is 67.5. The molecule has 0 N–H and O–H groups in total. The van der Waals surface area contributed by atoms with Crippen LogP contribution in [0.5, 0.6) is 57.5 Å². The van der Waals surface area contributed by atoms with Gasteiger partial charge in [-0.2, -0.15) is 0 Å². The minimum atomic E-state index is 0.738. The van der Waals surface area contributed by atoms with E-state index in [1.54, 1.807) is 0 Å². The summed E-state index contributed by atoms with van der Waals surface area (Å²) in [6.07, 6.45) is 22.9. The van der Waals surface area contributed by atoms with Crippen LogP contribution in [0.25, 0.3) is 43.1 Å². The third kappa shape index (κ3) is 62.6. The predicted molar refractivity (Wildman–Crippen MR) is 697 cm³/mol. The molecule has 0 saturated heterocycles. The molecule has 0 unspecified atom stereocenters. The maximum absolute atomic E-state index is 5.83. The molecule has 792 valence electrons. The lowest BCUT2D eigenvalue weighted by Crippen LogP contribution is -1.98. The highest BCUT2D eigenvalue weighted by Crippen LogP contribution is 2.37. The number of para-hydroxylation sites is 2. The van der Waals surface area contributed by atoms with E-state index in [-0.39, 0.29) is 0 Å². The van der Waals surface area contributed by atoms with Gasteiger partial charge in [0.15, 0.2) is 0 Å². The third-order valence-corrected chi connectivity index (χ3v) is 31.6. The zero-order valence-corrected chi connectivity index (χ0v) is 113. The van der Waals surface area contributed by atoms with Gasteiger partial charge in [0.2, 0.25) is 0 Å². The van der Waals surface area contributed by atoms with Crippen molar-refractivity contribution in [2.45, 2.75) is 128 Å². The van der Waals surface area contributed by atoms with E-state index in [0.29, 0.717) is 0 Å². The van der Waals surface area contributed by atoms with Crippen LogP contribution in [0.3, 0.4) is 0 Å². The van der Waals surface area contributed by atoms with Gasteiger partial charge < -0.3 is 47.4 Å². The van der Waals surface area contributed by atoms with Gasteiger partial charge in [-0.3, -0.25) is 0 Å². The van der Waals surface area contributed by atoms with E-state index in [4.69, 9.17) is 47.4 Å². The molecule has 0 spiro atoms. The first-order valence-electron chi connectivity index (χ1n) is 48.4. The van der Waals surface area contributed by atoms with E-state index in [9.17, 15) is 0 Å². The van der Waals surface area contributed by atoms with Gasteiger partial charge in [-0.05, 0) is 405 Å². The predicted octanol–water partition coefficient (Wildman–Crippen LogP) is 44.6. The molecule has 0 aromatic heterocycles. The molecule has 0 fully saturated rings. The minimum Gasteiger partial charge on any atom is -0.494 e. The number of benzene rings is 14. The Kier molecular flexibility index (Phi) is 81.5. The maximum Gasteiger partial charge on any atom is 0.134 e. The summed E-state index contributed by atoms with van der Waals surface area (Å²) in [5, 5.41) is 20.1. The Balaban J connectivity index is 0.000000286. The first kappa shape index (κ1) is 134. The molecule has 0 bridgehead atoms. The summed E-state index contributed by atoms with van der Waals surface area (Å²) < 4.78 is 66.8. The molecular weight excluding hydrogens is 3150 g/mol. The Morgan fingerprint density at radius 2 is 0.377 bits per heavy atom. The Morgan fingerprint density at radius 3 is 0.692 bits per heavy atom. The summed E-state index contributed by atoms with van der Waals surface area (Å²) in [7, 11) is 0. The molecular formula is C116H128Br20O10. The van der Waals surface area contributed by atoms with Crippen LogP contribution in [-0.2, 0) is 0 Å². The fourth-order valence-electron chi connectivity index (χ4n) is 12.5. The summed E-state index contributed by atoms with van der Waals surface area (Å²) in [4.78, 5) is 0. The standard InChI is InChI=1S/2C15H16Br2O.2C13H12Br2O.3C11H14Br2O.3C9H10Br2O/c16-10-4-1-5-11-18-14-9-8-12-6-2-3-7-13(12)15(14)17;16-8-2-1-3-9-18-15-7-5-12-10-14(17)6-4-13(12)11-15;14-6-1-7-16-13-5-3-10-8-12(15)4-2-11(10)9-13;14-8-3-9-16-12-7-6-10-4-1-2-5-11(10)13(12)15;12-8-4-1-5-9-14-11-7-3-2-6-10(11)13;12-8-2-1-3-9-14-11-6-4-10(13)5-7-11;12-7-2-1-3-8-14-11-6-4-5-10(13)9-11;10-6-1-7-12-9-4-2-8(11)3-5-9;10-5-2-6-12-9-4-1-3-8(11)7-9;10-6-3-7-12-9-5-2-1-4-8(9)11/h2-3,6-9H,1,4-5,10-11H2;4-7,10-11H,1-3,8-9H2;2-5,8-9H,1,6-7H2;1-2,4-7H,3,8-9H2;2-3,6-7H,1,4-5,8-9H2;4-7H,1-3,8-9H2;4-6,9H,1-3,7-8H2;2-5H,1,6-7H2;1,3-4,7H,2,5-6H2;1-2,4-5H,3,6-7H2. The minimum absolute atomic E-state index is 0.738. The molecule has 0 heterocycles. The van der Waals surface area contributed by atoms with E-state index in [1.807, 2.05) is 194 Å². The van der Waals surface area contributed by atoms with E-state index in [0.717, 1.165) is 286 Å². The molecule has 0 aliphatic rings. The second kappa shape index (κ2) is 88.7. The highest BCUT2D eigenvalue weighted by atomic mass is 79.9. The van der Waals surface area contributed by atoms with Crippen LogP contribution in [0, 0.1) is 0 Å². The van der Waals surface area contributed by atoms with E-state index in [2.05, 4.69) is 416 Å². The topological polar surface area (TPSA) is 92.3 Å². The first-order chi connectivity index (χ1) is 71.2. The van der Waals surface area contributed by atoms with Gasteiger partial charge in [0.05, 0.1) is 84.0 Å². The number of unbranched alkanes of at least 4 members (excludes halogenated alkanes) is 10. The summed E-state index contributed by atoms with van der Waals surface area (Å²) >= 11 is 68.5. The van der Waals surface area contributed by atoms with Crippen LogP contribution in [0.2, 0.25) is 0 Å². The van der Waals surface area contributed by atoms with Crippen LogP contribution in [0.4, 0.5) is 0 Å². The van der Waals surface area contributed by atoms with Gasteiger partial charge in [0.1, 0.15) is 57.5 Å². The second-order valence-electron chi connectivity index (χ2n) is 31.6. The molecule has 0 saturated carbocycles. The zero-order valence-electron chi connectivity index (χ0n) is 81.6. The van der Waals surface area contributed by atoms with Gasteiger partial charge in [0, 0.05) is 80.1 Å². The van der Waals surface area contributed by atoms with E-state index >= 15 is 0 Å². The summed E-state index contributed by atoms with van der Waals surface area (Å²) in [5.41, 5.74) is 0. The maximum atomic E-state index is 5.83. The van der Waals surface area contributed by atoms with Gasteiger partial charge >= 0.3 is 0 Å². The highest BCUT2D eigenvalue weighted by Gasteiger charge is 2.11.